The summed E-state index contributed by atoms with van der Waals surface area (Å²) >= 11 is 0. The van der Waals surface area contributed by atoms with Crippen LogP contribution in [0.2, 0.25) is 0 Å². The summed E-state index contributed by atoms with van der Waals surface area (Å²) < 4.78 is 6.85. The average Bonchev–Trinajstić information content (AvgIpc) is 3.16. The fourth-order valence-corrected chi connectivity index (χ4v) is 2.61. The minimum absolute atomic E-state index is 0.553. The lowest BCUT2D eigenvalue weighted by Crippen LogP contribution is -1.92. The SMILES string of the molecule is CCc1c[nH]c2ncc(-c3cnc4cc(OC)nn4c3)cc12. The van der Waals surface area contributed by atoms with Gasteiger partial charge in [-0.25, -0.2) is 14.5 Å². The van der Waals surface area contributed by atoms with Crippen molar-refractivity contribution < 1.29 is 4.74 Å². The van der Waals surface area contributed by atoms with Gasteiger partial charge in [0.1, 0.15) is 5.65 Å². The van der Waals surface area contributed by atoms with Crippen molar-refractivity contribution in [2.75, 3.05) is 7.11 Å². The topological polar surface area (TPSA) is 68.1 Å². The van der Waals surface area contributed by atoms with Gasteiger partial charge in [0.05, 0.1) is 7.11 Å². The van der Waals surface area contributed by atoms with Crippen molar-refractivity contribution in [3.63, 3.8) is 0 Å². The number of ether oxygens (including phenoxy) is 1. The molecule has 0 aliphatic heterocycles. The summed E-state index contributed by atoms with van der Waals surface area (Å²) in [6, 6.07) is 3.94. The van der Waals surface area contributed by atoms with E-state index in [9.17, 15) is 0 Å². The van der Waals surface area contributed by atoms with Gasteiger partial charge in [0.2, 0.25) is 5.88 Å². The number of rotatable bonds is 3. The first-order valence-electron chi connectivity index (χ1n) is 7.14. The second-order valence-corrected chi connectivity index (χ2v) is 5.12. The molecule has 0 saturated heterocycles. The van der Waals surface area contributed by atoms with E-state index in [0.717, 1.165) is 34.2 Å². The molecule has 0 aromatic carbocycles. The van der Waals surface area contributed by atoms with Crippen LogP contribution in [0.3, 0.4) is 0 Å². The second-order valence-electron chi connectivity index (χ2n) is 5.12. The van der Waals surface area contributed by atoms with Crippen LogP contribution in [0.15, 0.2) is 36.9 Å². The maximum atomic E-state index is 5.13. The maximum absolute atomic E-state index is 5.13. The maximum Gasteiger partial charge on any atom is 0.235 e. The van der Waals surface area contributed by atoms with Crippen molar-refractivity contribution in [2.24, 2.45) is 0 Å². The van der Waals surface area contributed by atoms with Crippen LogP contribution >= 0.6 is 0 Å². The van der Waals surface area contributed by atoms with E-state index < -0.39 is 0 Å². The Bertz CT molecular complexity index is 969. The van der Waals surface area contributed by atoms with Crippen molar-refractivity contribution in [3.8, 4) is 17.0 Å². The molecule has 4 aromatic rings. The lowest BCUT2D eigenvalue weighted by atomic mass is 10.1. The van der Waals surface area contributed by atoms with Crippen LogP contribution in [-0.2, 0) is 6.42 Å². The number of hydrogen-bond acceptors (Lipinski definition) is 4. The fraction of sp³-hybridized carbons (Fsp3) is 0.188. The van der Waals surface area contributed by atoms with Gasteiger partial charge in [0.25, 0.3) is 0 Å². The Balaban J connectivity index is 1.86. The average molecular weight is 293 g/mol. The van der Waals surface area contributed by atoms with E-state index >= 15 is 0 Å². The van der Waals surface area contributed by atoms with Gasteiger partial charge in [0.15, 0.2) is 5.65 Å². The third-order valence-corrected chi connectivity index (χ3v) is 3.83. The van der Waals surface area contributed by atoms with Crippen molar-refractivity contribution in [2.45, 2.75) is 13.3 Å². The number of methoxy groups -OCH3 is 1. The first kappa shape index (κ1) is 12.8. The number of hydrogen-bond donors (Lipinski definition) is 1. The highest BCUT2D eigenvalue weighted by Crippen LogP contribution is 2.25. The van der Waals surface area contributed by atoms with E-state index in [4.69, 9.17) is 4.74 Å². The minimum atomic E-state index is 0.553. The zero-order valence-corrected chi connectivity index (χ0v) is 12.4. The molecule has 4 rings (SSSR count). The van der Waals surface area contributed by atoms with Gasteiger partial charge in [-0.05, 0) is 18.1 Å². The molecule has 6 nitrogen and oxygen atoms in total. The zero-order valence-electron chi connectivity index (χ0n) is 12.4. The fourth-order valence-electron chi connectivity index (χ4n) is 2.61. The summed E-state index contributed by atoms with van der Waals surface area (Å²) in [6.07, 6.45) is 8.60. The molecule has 22 heavy (non-hydrogen) atoms. The molecule has 0 unspecified atom stereocenters. The minimum Gasteiger partial charge on any atom is -0.480 e. The Morgan fingerprint density at radius 1 is 1.18 bits per heavy atom. The first-order valence-corrected chi connectivity index (χ1v) is 7.14. The molecule has 0 bridgehead atoms. The molecular weight excluding hydrogens is 278 g/mol. The standard InChI is InChI=1S/C16H15N5O/c1-3-10-6-18-16-13(10)4-11(7-19-16)12-8-17-14-5-15(22-2)20-21(14)9-12/h4-9H,3H2,1-2H3,(H,18,19). The molecule has 4 heterocycles. The Hall–Kier alpha value is -2.89. The van der Waals surface area contributed by atoms with Crippen LogP contribution in [0.25, 0.3) is 27.8 Å². The number of aromatic amines is 1. The first-order chi connectivity index (χ1) is 10.8. The van der Waals surface area contributed by atoms with Gasteiger partial charge in [-0.15, -0.1) is 5.10 Å². The molecule has 110 valence electrons. The Morgan fingerprint density at radius 2 is 2.05 bits per heavy atom. The summed E-state index contributed by atoms with van der Waals surface area (Å²) in [5, 5.41) is 5.46. The summed E-state index contributed by atoms with van der Waals surface area (Å²) in [7, 11) is 1.60. The number of aromatic nitrogens is 5. The largest absolute Gasteiger partial charge is 0.480 e. The normalized spacial score (nSPS) is 11.4. The third-order valence-electron chi connectivity index (χ3n) is 3.83. The van der Waals surface area contributed by atoms with E-state index in [0.29, 0.717) is 5.88 Å². The molecule has 0 radical (unpaired) electrons. The van der Waals surface area contributed by atoms with Crippen LogP contribution < -0.4 is 4.74 Å². The molecular formula is C16H15N5O. The van der Waals surface area contributed by atoms with E-state index in [1.54, 1.807) is 17.7 Å². The van der Waals surface area contributed by atoms with Crippen LogP contribution in [-0.4, -0.2) is 31.7 Å². The number of fused-ring (bicyclic) bond motifs is 2. The molecule has 0 amide bonds. The number of aryl methyl sites for hydroxylation is 1. The lowest BCUT2D eigenvalue weighted by Gasteiger charge is -2.02. The molecule has 4 aromatic heterocycles. The molecule has 0 fully saturated rings. The molecule has 0 aliphatic carbocycles. The number of pyridine rings is 1. The van der Waals surface area contributed by atoms with E-state index in [2.05, 4.69) is 33.0 Å². The van der Waals surface area contributed by atoms with Crippen LogP contribution in [0.4, 0.5) is 0 Å². The molecule has 1 N–H and O–H groups in total. The lowest BCUT2D eigenvalue weighted by molar-refractivity contribution is 0.395. The van der Waals surface area contributed by atoms with Gasteiger partial charge in [-0.2, -0.15) is 0 Å². The number of H-pyrrole nitrogens is 1. The van der Waals surface area contributed by atoms with Crippen molar-refractivity contribution >= 4 is 16.7 Å². The predicted molar refractivity (Wildman–Crippen MR) is 84.0 cm³/mol. The van der Waals surface area contributed by atoms with E-state index in [1.807, 2.05) is 24.8 Å². The van der Waals surface area contributed by atoms with Crippen molar-refractivity contribution in [3.05, 3.63) is 42.5 Å². The second kappa shape index (κ2) is 4.84. The van der Waals surface area contributed by atoms with Crippen LogP contribution in [0.5, 0.6) is 5.88 Å². The van der Waals surface area contributed by atoms with Gasteiger partial charge in [-0.1, -0.05) is 6.92 Å². The van der Waals surface area contributed by atoms with Crippen molar-refractivity contribution in [1.29, 1.82) is 0 Å². The van der Waals surface area contributed by atoms with Gasteiger partial charge in [0, 0.05) is 47.4 Å². The Kier molecular flexibility index (Phi) is 2.82. The molecule has 0 saturated carbocycles. The number of nitrogens with zero attached hydrogens (tertiary/aromatic N) is 4. The summed E-state index contributed by atoms with van der Waals surface area (Å²) in [4.78, 5) is 12.1. The van der Waals surface area contributed by atoms with Crippen molar-refractivity contribution in [1.82, 2.24) is 24.6 Å². The molecule has 0 atom stereocenters. The quantitative estimate of drug-likeness (QED) is 0.630. The predicted octanol–water partition coefficient (Wildman–Crippen LogP) is 2.84. The molecule has 0 spiro atoms. The Morgan fingerprint density at radius 3 is 2.86 bits per heavy atom. The third kappa shape index (κ3) is 1.92. The summed E-state index contributed by atoms with van der Waals surface area (Å²) in [5.74, 6) is 0.553. The van der Waals surface area contributed by atoms with E-state index in [1.165, 1.54) is 5.56 Å². The molecule has 0 aliphatic rings. The summed E-state index contributed by atoms with van der Waals surface area (Å²) in [6.45, 7) is 2.14. The Labute approximate surface area is 126 Å². The van der Waals surface area contributed by atoms with Gasteiger partial charge in [-0.3, -0.25) is 0 Å². The van der Waals surface area contributed by atoms with Gasteiger partial charge >= 0.3 is 0 Å². The van der Waals surface area contributed by atoms with Gasteiger partial charge < -0.3 is 9.72 Å². The summed E-state index contributed by atoms with van der Waals surface area (Å²) in [5.41, 5.74) is 4.92. The highest BCUT2D eigenvalue weighted by molar-refractivity contribution is 5.84. The van der Waals surface area contributed by atoms with Crippen LogP contribution in [0.1, 0.15) is 12.5 Å². The van der Waals surface area contributed by atoms with E-state index in [-0.39, 0.29) is 0 Å². The highest BCUT2D eigenvalue weighted by atomic mass is 16.5. The molecule has 6 heteroatoms. The zero-order chi connectivity index (χ0) is 15.1. The smallest absolute Gasteiger partial charge is 0.235 e. The monoisotopic (exact) mass is 293 g/mol. The van der Waals surface area contributed by atoms with Crippen LogP contribution in [0, 0.1) is 0 Å². The highest BCUT2D eigenvalue weighted by Gasteiger charge is 2.08. The number of nitrogens with one attached hydrogen (secondary N) is 1.